The predicted octanol–water partition coefficient (Wildman–Crippen LogP) is -0.0988. The summed E-state index contributed by atoms with van der Waals surface area (Å²) in [6.45, 7) is 3.95. The molecule has 7 heavy (non-hydrogen) atoms. The molecule has 1 N–H and O–H groups in total. The zero-order chi connectivity index (χ0) is 5.54. The van der Waals surface area contributed by atoms with Crippen LogP contribution in [-0.4, -0.2) is 19.9 Å². The van der Waals surface area contributed by atoms with Crippen LogP contribution in [0.5, 0.6) is 0 Å². The molecule has 0 amide bonds. The Morgan fingerprint density at radius 3 is 2.86 bits per heavy atom. The second kappa shape index (κ2) is 5.07. The fourth-order valence-electron chi connectivity index (χ4n) is 0.155. The number of hydrogen-bond acceptors (Lipinski definition) is 2. The van der Waals surface area contributed by atoms with Crippen LogP contribution >= 0.6 is 0 Å². The highest BCUT2D eigenvalue weighted by Crippen LogP contribution is 1.59. The SMILES string of the molecule is C=[O+]CC[N]N=N. The average molecular weight is 101 g/mol. The quantitative estimate of drug-likeness (QED) is 0.222. The smallest absolute Gasteiger partial charge is 0.268 e. The third-order valence-electron chi connectivity index (χ3n) is 0.406. The zero-order valence-electron chi connectivity index (χ0n) is 3.92. The van der Waals surface area contributed by atoms with Crippen molar-refractivity contribution in [1.29, 1.82) is 5.53 Å². The van der Waals surface area contributed by atoms with Crippen molar-refractivity contribution in [2.45, 2.75) is 0 Å². The second-order valence-electron chi connectivity index (χ2n) is 0.873. The maximum absolute atomic E-state index is 6.16. The van der Waals surface area contributed by atoms with Gasteiger partial charge in [0.05, 0.1) is 0 Å². The number of nitrogens with one attached hydrogen (secondary N) is 1. The third-order valence-corrected chi connectivity index (χ3v) is 0.406. The van der Waals surface area contributed by atoms with Crippen molar-refractivity contribution >= 4 is 6.79 Å². The fraction of sp³-hybridized carbons (Fsp3) is 0.667. The Labute approximate surface area is 41.7 Å². The summed E-state index contributed by atoms with van der Waals surface area (Å²) < 4.78 is 4.36. The first-order valence-corrected chi connectivity index (χ1v) is 1.82. The lowest BCUT2D eigenvalue weighted by Crippen LogP contribution is -2.02. The van der Waals surface area contributed by atoms with Crippen LogP contribution in [0.15, 0.2) is 5.22 Å². The minimum Gasteiger partial charge on any atom is -0.268 e. The molecule has 0 saturated carbocycles. The molecule has 0 bridgehead atoms. The summed E-state index contributed by atoms with van der Waals surface area (Å²) in [5.41, 5.74) is 9.45. The maximum Gasteiger partial charge on any atom is 0.283 e. The topological polar surface area (TPSA) is 61.6 Å². The first kappa shape index (κ1) is 6.07. The number of nitrogens with zero attached hydrogens (tertiary/aromatic N) is 2. The molecule has 0 saturated heterocycles. The third kappa shape index (κ3) is 5.07. The molecule has 0 aliphatic carbocycles. The highest BCUT2D eigenvalue weighted by atomic mass is 16.4. The van der Waals surface area contributed by atoms with Crippen LogP contribution in [0.1, 0.15) is 0 Å². The summed E-state index contributed by atoms with van der Waals surface area (Å²) in [7, 11) is 0. The van der Waals surface area contributed by atoms with Crippen LogP contribution in [0.2, 0.25) is 0 Å². The molecule has 0 spiro atoms. The van der Waals surface area contributed by atoms with E-state index in [-0.39, 0.29) is 0 Å². The normalized spacial score (nSPS) is 7.43. The van der Waals surface area contributed by atoms with Crippen molar-refractivity contribution in [2.24, 2.45) is 5.22 Å². The maximum atomic E-state index is 6.16. The van der Waals surface area contributed by atoms with E-state index in [2.05, 4.69) is 21.9 Å². The molecule has 0 unspecified atom stereocenters. The van der Waals surface area contributed by atoms with E-state index in [1.54, 1.807) is 0 Å². The van der Waals surface area contributed by atoms with E-state index >= 15 is 0 Å². The van der Waals surface area contributed by atoms with Crippen LogP contribution in [0, 0.1) is 5.53 Å². The Bertz CT molecular complexity index is 55.2. The van der Waals surface area contributed by atoms with Gasteiger partial charge in [0.15, 0.2) is 0 Å². The highest BCUT2D eigenvalue weighted by Gasteiger charge is 1.85. The summed E-state index contributed by atoms with van der Waals surface area (Å²) in [4.78, 5) is 0. The molecule has 0 atom stereocenters. The predicted molar refractivity (Wildman–Crippen MR) is 24.1 cm³/mol. The molecular formula is C3H7N3O+. The van der Waals surface area contributed by atoms with Crippen molar-refractivity contribution in [1.82, 2.24) is 5.43 Å². The van der Waals surface area contributed by atoms with Crippen molar-refractivity contribution in [3.05, 3.63) is 0 Å². The number of hydrogen-bond donors (Lipinski definition) is 1. The Hall–Kier alpha value is -0.930. The van der Waals surface area contributed by atoms with Crippen molar-refractivity contribution < 1.29 is 4.42 Å². The number of rotatable bonds is 4. The van der Waals surface area contributed by atoms with E-state index in [4.69, 9.17) is 5.53 Å². The molecule has 4 heteroatoms. The van der Waals surface area contributed by atoms with Gasteiger partial charge in [-0.15, -0.1) is 0 Å². The molecule has 0 aromatic carbocycles. The lowest BCUT2D eigenvalue weighted by atomic mass is 10.7. The molecule has 0 aliphatic rings. The van der Waals surface area contributed by atoms with Gasteiger partial charge in [-0.2, -0.15) is 11.0 Å². The molecule has 0 heterocycles. The standard InChI is InChI=1S/C3H7N3O/c1-7-3-2-5-6-4/h4H,1-3H2/q+1. The molecule has 4 nitrogen and oxygen atoms in total. The summed E-state index contributed by atoms with van der Waals surface area (Å²) in [5, 5.41) is 2.74. The van der Waals surface area contributed by atoms with E-state index in [1.807, 2.05) is 0 Å². The Morgan fingerprint density at radius 1 is 1.71 bits per heavy atom. The Morgan fingerprint density at radius 2 is 2.43 bits per heavy atom. The lowest BCUT2D eigenvalue weighted by molar-refractivity contribution is -0.444. The fourth-order valence-corrected chi connectivity index (χ4v) is 0.155. The minimum absolute atomic E-state index is 0.424. The van der Waals surface area contributed by atoms with Crippen LogP contribution in [0.25, 0.3) is 0 Å². The average Bonchev–Trinajstić information content (AvgIpc) is 1.69. The van der Waals surface area contributed by atoms with Gasteiger partial charge < -0.3 is 0 Å². The van der Waals surface area contributed by atoms with Crippen LogP contribution in [0.4, 0.5) is 0 Å². The molecular weight excluding hydrogens is 94.1 g/mol. The molecule has 0 fully saturated rings. The Kier molecular flexibility index (Phi) is 4.40. The van der Waals surface area contributed by atoms with Crippen LogP contribution in [0.3, 0.4) is 0 Å². The monoisotopic (exact) mass is 101 g/mol. The van der Waals surface area contributed by atoms with E-state index in [0.29, 0.717) is 13.2 Å². The molecule has 39 valence electrons. The molecule has 0 aromatic rings. The van der Waals surface area contributed by atoms with Gasteiger partial charge in [0.1, 0.15) is 6.54 Å². The Balaban J connectivity index is 2.68. The minimum atomic E-state index is 0.424. The van der Waals surface area contributed by atoms with E-state index in [1.165, 1.54) is 0 Å². The van der Waals surface area contributed by atoms with Gasteiger partial charge in [-0.1, -0.05) is 5.22 Å². The summed E-state index contributed by atoms with van der Waals surface area (Å²) in [5.74, 6) is 0. The molecule has 0 aliphatic heterocycles. The van der Waals surface area contributed by atoms with E-state index < -0.39 is 0 Å². The number of carbonyl (C=O) groups excluding carboxylic acids is 1. The summed E-state index contributed by atoms with van der Waals surface area (Å²) in [6, 6.07) is 0. The van der Waals surface area contributed by atoms with Crippen molar-refractivity contribution in [2.75, 3.05) is 13.2 Å². The summed E-state index contributed by atoms with van der Waals surface area (Å²) >= 11 is 0. The largest absolute Gasteiger partial charge is 0.283 e. The van der Waals surface area contributed by atoms with Crippen molar-refractivity contribution in [3.63, 3.8) is 0 Å². The van der Waals surface area contributed by atoms with Gasteiger partial charge in [0, 0.05) is 0 Å². The second-order valence-corrected chi connectivity index (χ2v) is 0.873. The zero-order valence-corrected chi connectivity index (χ0v) is 3.92. The molecule has 0 rings (SSSR count). The first-order valence-electron chi connectivity index (χ1n) is 1.82. The van der Waals surface area contributed by atoms with Gasteiger partial charge in [-0.3, -0.25) is 4.42 Å². The van der Waals surface area contributed by atoms with Gasteiger partial charge in [0.25, 0.3) is 13.4 Å². The van der Waals surface area contributed by atoms with Crippen LogP contribution < -0.4 is 5.43 Å². The van der Waals surface area contributed by atoms with Crippen LogP contribution in [-0.2, 0) is 4.42 Å². The van der Waals surface area contributed by atoms with Gasteiger partial charge >= 0.3 is 0 Å². The first-order chi connectivity index (χ1) is 3.41. The van der Waals surface area contributed by atoms with E-state index in [0.717, 1.165) is 0 Å². The highest BCUT2D eigenvalue weighted by molar-refractivity contribution is 5.12. The van der Waals surface area contributed by atoms with Gasteiger partial charge in [-0.25, -0.2) is 0 Å². The lowest BCUT2D eigenvalue weighted by Gasteiger charge is -1.77. The van der Waals surface area contributed by atoms with Gasteiger partial charge in [0.2, 0.25) is 0 Å². The van der Waals surface area contributed by atoms with E-state index in [9.17, 15) is 0 Å². The van der Waals surface area contributed by atoms with Gasteiger partial charge in [-0.05, 0) is 0 Å². The molecule has 0 aromatic heterocycles. The van der Waals surface area contributed by atoms with Crippen molar-refractivity contribution in [3.8, 4) is 0 Å². The summed E-state index contributed by atoms with van der Waals surface area (Å²) in [6.07, 6.45) is 0. The molecule has 1 radical (unpaired) electrons.